The van der Waals surface area contributed by atoms with E-state index in [1.54, 1.807) is 6.33 Å². The van der Waals surface area contributed by atoms with E-state index < -0.39 is 0 Å². The van der Waals surface area contributed by atoms with Crippen molar-refractivity contribution < 1.29 is 0 Å². The molecular weight excluding hydrogens is 214 g/mol. The summed E-state index contributed by atoms with van der Waals surface area (Å²) in [5.74, 6) is 0. The molecule has 0 saturated heterocycles. The zero-order chi connectivity index (χ0) is 12.6. The first-order chi connectivity index (χ1) is 7.88. The van der Waals surface area contributed by atoms with Crippen molar-refractivity contribution in [2.24, 2.45) is 12.5 Å². The maximum atomic E-state index is 4.26. The Bertz CT molecular complexity index is 515. The minimum Gasteiger partial charge on any atom is -0.332 e. The summed E-state index contributed by atoms with van der Waals surface area (Å²) in [7, 11) is 1.96. The van der Waals surface area contributed by atoms with Gasteiger partial charge in [-0.2, -0.15) is 0 Å². The first-order valence-electron chi connectivity index (χ1n) is 5.75. The molecule has 0 spiro atoms. The molecule has 2 rings (SSSR count). The van der Waals surface area contributed by atoms with Crippen LogP contribution >= 0.6 is 0 Å². The molecule has 0 amide bonds. The van der Waals surface area contributed by atoms with Crippen LogP contribution < -0.4 is 0 Å². The second kappa shape index (κ2) is 3.98. The number of aryl methyl sites for hydroxylation is 1. The molecule has 0 aliphatic rings. The number of imidazole rings is 1. The van der Waals surface area contributed by atoms with Crippen LogP contribution in [0.5, 0.6) is 0 Å². The summed E-state index contributed by atoms with van der Waals surface area (Å²) in [5, 5.41) is 8.48. The van der Waals surface area contributed by atoms with Gasteiger partial charge in [0.15, 0.2) is 0 Å². The zero-order valence-corrected chi connectivity index (χ0v) is 11.1. The molecule has 92 valence electrons. The fraction of sp³-hybridized carbons (Fsp3) is 0.583. The predicted molar refractivity (Wildman–Crippen MR) is 66.4 cm³/mol. The average molecular weight is 233 g/mol. The molecule has 0 radical (unpaired) electrons. The Morgan fingerprint density at radius 1 is 1.29 bits per heavy atom. The molecule has 0 N–H and O–H groups in total. The Labute approximate surface area is 101 Å². The summed E-state index contributed by atoms with van der Waals surface area (Å²) in [6, 6.07) is 0. The molecule has 0 unspecified atom stereocenters. The average Bonchev–Trinajstić information content (AvgIpc) is 2.73. The third-order valence-electron chi connectivity index (χ3n) is 2.67. The van der Waals surface area contributed by atoms with Crippen LogP contribution in [0.1, 0.15) is 26.5 Å². The lowest BCUT2D eigenvalue weighted by Gasteiger charge is -2.18. The van der Waals surface area contributed by atoms with E-state index in [2.05, 4.69) is 36.1 Å². The summed E-state index contributed by atoms with van der Waals surface area (Å²) in [6.45, 7) is 9.49. The van der Waals surface area contributed by atoms with Crippen molar-refractivity contribution in [2.75, 3.05) is 0 Å². The lowest BCUT2D eigenvalue weighted by Crippen LogP contribution is -2.17. The van der Waals surface area contributed by atoms with Gasteiger partial charge in [0.2, 0.25) is 0 Å². The van der Waals surface area contributed by atoms with Gasteiger partial charge in [0.1, 0.15) is 5.69 Å². The molecule has 2 heterocycles. The summed E-state index contributed by atoms with van der Waals surface area (Å²) in [5.41, 5.74) is 3.20. The van der Waals surface area contributed by atoms with Gasteiger partial charge in [-0.3, -0.25) is 0 Å². The van der Waals surface area contributed by atoms with Crippen LogP contribution in [0.2, 0.25) is 0 Å². The molecule has 17 heavy (non-hydrogen) atoms. The highest BCUT2D eigenvalue weighted by atomic mass is 15.4. The fourth-order valence-corrected chi connectivity index (χ4v) is 1.78. The van der Waals surface area contributed by atoms with Gasteiger partial charge in [0, 0.05) is 13.6 Å². The summed E-state index contributed by atoms with van der Waals surface area (Å²) in [4.78, 5) is 4.11. The van der Waals surface area contributed by atoms with Gasteiger partial charge < -0.3 is 4.57 Å². The Balaban J connectivity index is 2.37. The van der Waals surface area contributed by atoms with Crippen molar-refractivity contribution in [3.63, 3.8) is 0 Å². The van der Waals surface area contributed by atoms with Crippen LogP contribution in [-0.2, 0) is 13.6 Å². The van der Waals surface area contributed by atoms with E-state index in [1.165, 1.54) is 0 Å². The van der Waals surface area contributed by atoms with E-state index in [0.29, 0.717) is 0 Å². The third-order valence-corrected chi connectivity index (χ3v) is 2.67. The number of nitrogens with zero attached hydrogens (tertiary/aromatic N) is 5. The highest BCUT2D eigenvalue weighted by molar-refractivity contribution is 5.55. The van der Waals surface area contributed by atoms with Crippen LogP contribution in [0.4, 0.5) is 0 Å². The Morgan fingerprint density at radius 3 is 2.53 bits per heavy atom. The Morgan fingerprint density at radius 2 is 2.00 bits per heavy atom. The van der Waals surface area contributed by atoms with Crippen molar-refractivity contribution in [2.45, 2.75) is 34.2 Å². The molecule has 0 aromatic carbocycles. The first kappa shape index (κ1) is 11.8. The van der Waals surface area contributed by atoms with E-state index in [1.807, 2.05) is 29.4 Å². The minimum absolute atomic E-state index is 0.197. The monoisotopic (exact) mass is 233 g/mol. The SMILES string of the molecule is Cc1c(-c2cncn2C)nnn1CC(C)(C)C. The van der Waals surface area contributed by atoms with Gasteiger partial charge in [-0.1, -0.05) is 26.0 Å². The molecule has 0 aliphatic heterocycles. The van der Waals surface area contributed by atoms with Crippen molar-refractivity contribution in [1.82, 2.24) is 24.5 Å². The van der Waals surface area contributed by atoms with Crippen LogP contribution in [0.15, 0.2) is 12.5 Å². The van der Waals surface area contributed by atoms with Gasteiger partial charge in [-0.05, 0) is 12.3 Å². The minimum atomic E-state index is 0.197. The van der Waals surface area contributed by atoms with Crippen LogP contribution in [0, 0.1) is 12.3 Å². The maximum Gasteiger partial charge on any atom is 0.133 e. The molecule has 0 saturated carbocycles. The zero-order valence-electron chi connectivity index (χ0n) is 11.1. The largest absolute Gasteiger partial charge is 0.332 e. The lowest BCUT2D eigenvalue weighted by atomic mass is 9.97. The molecule has 2 aromatic heterocycles. The van der Waals surface area contributed by atoms with Gasteiger partial charge in [0.05, 0.1) is 23.9 Å². The highest BCUT2D eigenvalue weighted by Gasteiger charge is 2.18. The Hall–Kier alpha value is -1.65. The second-order valence-corrected chi connectivity index (χ2v) is 5.63. The molecule has 0 fully saturated rings. The van der Waals surface area contributed by atoms with E-state index in [-0.39, 0.29) is 5.41 Å². The van der Waals surface area contributed by atoms with Crippen molar-refractivity contribution in [1.29, 1.82) is 0 Å². The highest BCUT2D eigenvalue weighted by Crippen LogP contribution is 2.22. The topological polar surface area (TPSA) is 48.5 Å². The maximum absolute atomic E-state index is 4.26. The molecular formula is C12H19N5. The van der Waals surface area contributed by atoms with Gasteiger partial charge in [0.25, 0.3) is 0 Å². The predicted octanol–water partition coefficient (Wildman–Crippen LogP) is 2.03. The smallest absolute Gasteiger partial charge is 0.133 e. The first-order valence-corrected chi connectivity index (χ1v) is 5.75. The molecule has 5 nitrogen and oxygen atoms in total. The van der Waals surface area contributed by atoms with Crippen LogP contribution in [0.25, 0.3) is 11.4 Å². The second-order valence-electron chi connectivity index (χ2n) is 5.63. The van der Waals surface area contributed by atoms with Crippen LogP contribution in [-0.4, -0.2) is 24.5 Å². The summed E-state index contributed by atoms with van der Waals surface area (Å²) in [6.07, 6.45) is 3.59. The van der Waals surface area contributed by atoms with E-state index >= 15 is 0 Å². The standard InChI is InChI=1S/C12H19N5/c1-9-11(10-6-13-8-16(10)5)14-15-17(9)7-12(2,3)4/h6,8H,7H2,1-5H3. The number of aromatic nitrogens is 5. The Kier molecular flexibility index (Phi) is 2.77. The van der Waals surface area contributed by atoms with Crippen molar-refractivity contribution in [3.8, 4) is 11.4 Å². The number of hydrogen-bond donors (Lipinski definition) is 0. The molecule has 2 aromatic rings. The number of rotatable bonds is 2. The van der Waals surface area contributed by atoms with E-state index in [4.69, 9.17) is 0 Å². The quantitative estimate of drug-likeness (QED) is 0.797. The van der Waals surface area contributed by atoms with Gasteiger partial charge in [-0.15, -0.1) is 5.10 Å². The molecule has 5 heteroatoms. The normalized spacial score (nSPS) is 12.1. The van der Waals surface area contributed by atoms with Gasteiger partial charge >= 0.3 is 0 Å². The summed E-state index contributed by atoms with van der Waals surface area (Å²) >= 11 is 0. The molecule has 0 aliphatic carbocycles. The van der Waals surface area contributed by atoms with Crippen molar-refractivity contribution in [3.05, 3.63) is 18.2 Å². The van der Waals surface area contributed by atoms with Gasteiger partial charge in [-0.25, -0.2) is 9.67 Å². The fourth-order valence-electron chi connectivity index (χ4n) is 1.78. The lowest BCUT2D eigenvalue weighted by molar-refractivity contribution is 0.317. The third kappa shape index (κ3) is 2.38. The van der Waals surface area contributed by atoms with E-state index in [9.17, 15) is 0 Å². The number of hydrogen-bond acceptors (Lipinski definition) is 3. The van der Waals surface area contributed by atoms with Crippen molar-refractivity contribution >= 4 is 0 Å². The molecule has 0 bridgehead atoms. The molecule has 0 atom stereocenters. The summed E-state index contributed by atoms with van der Waals surface area (Å²) < 4.78 is 3.92. The van der Waals surface area contributed by atoms with Crippen LogP contribution in [0.3, 0.4) is 0 Å². The van der Waals surface area contributed by atoms with E-state index in [0.717, 1.165) is 23.6 Å².